The summed E-state index contributed by atoms with van der Waals surface area (Å²) >= 11 is 0. The van der Waals surface area contributed by atoms with Crippen molar-refractivity contribution in [1.82, 2.24) is 0 Å². The Bertz CT molecular complexity index is 150. The van der Waals surface area contributed by atoms with Crippen molar-refractivity contribution >= 4 is 0 Å². The van der Waals surface area contributed by atoms with E-state index in [4.69, 9.17) is 20.4 Å². The topological polar surface area (TPSA) is 90.2 Å². The van der Waals surface area contributed by atoms with Crippen molar-refractivity contribution in [2.75, 3.05) is 6.61 Å². The van der Waals surface area contributed by atoms with E-state index in [0.717, 1.165) is 0 Å². The van der Waals surface area contributed by atoms with Gasteiger partial charge >= 0.3 is 0 Å². The largest absolute Gasteiger partial charge is 0.394 e. The van der Waals surface area contributed by atoms with Crippen molar-refractivity contribution < 1.29 is 29.6 Å². The normalized spacial score (nSPS) is 49.2. The highest BCUT2D eigenvalue weighted by molar-refractivity contribution is 4.88. The zero-order valence-electron chi connectivity index (χ0n) is 6.17. The Morgan fingerprint density at radius 3 is 2.25 bits per heavy atom. The minimum atomic E-state index is -2.04. The van der Waals surface area contributed by atoms with Crippen molar-refractivity contribution in [3.8, 4) is 0 Å². The Labute approximate surface area is 68.0 Å². The molecule has 0 amide bonds. The van der Waals surface area contributed by atoms with Crippen LogP contribution in [0.3, 0.4) is 0 Å². The molecule has 0 saturated carbocycles. The molecule has 1 aliphatic rings. The van der Waals surface area contributed by atoms with E-state index < -0.39 is 37.4 Å². The van der Waals surface area contributed by atoms with Crippen molar-refractivity contribution in [3.63, 3.8) is 0 Å². The molecule has 1 rings (SSSR count). The molecule has 0 radical (unpaired) electrons. The Morgan fingerprint density at radius 2 is 1.75 bits per heavy atom. The lowest BCUT2D eigenvalue weighted by atomic mass is 10.0. The van der Waals surface area contributed by atoms with Gasteiger partial charge in [0.2, 0.25) is 0 Å². The van der Waals surface area contributed by atoms with Gasteiger partial charge in [0.05, 0.1) is 6.61 Å². The smallest absolute Gasteiger partial charge is 0.189 e. The summed E-state index contributed by atoms with van der Waals surface area (Å²) in [5, 5.41) is 35.3. The summed E-state index contributed by atoms with van der Waals surface area (Å²) in [4.78, 5) is 0. The van der Waals surface area contributed by atoms with Crippen LogP contribution in [0.5, 0.6) is 0 Å². The molecule has 0 aromatic carbocycles. The highest BCUT2D eigenvalue weighted by Crippen LogP contribution is 2.21. The minimum Gasteiger partial charge on any atom is -0.394 e. The summed E-state index contributed by atoms with van der Waals surface area (Å²) in [7, 11) is 0. The van der Waals surface area contributed by atoms with Crippen molar-refractivity contribution in [2.45, 2.75) is 30.8 Å². The molecule has 0 spiro atoms. The van der Waals surface area contributed by atoms with Crippen LogP contribution >= 0.6 is 0 Å². The predicted octanol–water partition coefficient (Wildman–Crippen LogP) is -2.24. The zero-order chi connectivity index (χ0) is 9.30. The van der Waals surface area contributed by atoms with Crippen LogP contribution in [-0.2, 0) is 4.74 Å². The van der Waals surface area contributed by atoms with Crippen molar-refractivity contribution in [3.05, 3.63) is 0 Å². The van der Waals surface area contributed by atoms with Gasteiger partial charge in [0.25, 0.3) is 0 Å². The second-order valence-electron chi connectivity index (χ2n) is 2.67. The lowest BCUT2D eigenvalue weighted by molar-refractivity contribution is -0.271. The van der Waals surface area contributed by atoms with Gasteiger partial charge in [0.1, 0.15) is 18.3 Å². The van der Waals surface area contributed by atoms with Gasteiger partial charge in [-0.1, -0.05) is 0 Å². The molecule has 0 bridgehead atoms. The predicted molar refractivity (Wildman–Crippen MR) is 34.9 cm³/mol. The van der Waals surface area contributed by atoms with Crippen LogP contribution in [0.4, 0.5) is 4.39 Å². The molecule has 12 heavy (non-hydrogen) atoms. The molecule has 4 N–H and O–H groups in total. The van der Waals surface area contributed by atoms with E-state index in [-0.39, 0.29) is 0 Å². The van der Waals surface area contributed by atoms with Gasteiger partial charge in [0.15, 0.2) is 12.5 Å². The molecule has 1 aliphatic heterocycles. The third-order valence-corrected chi connectivity index (χ3v) is 1.82. The third-order valence-electron chi connectivity index (χ3n) is 1.82. The van der Waals surface area contributed by atoms with Gasteiger partial charge in [-0.25, -0.2) is 4.39 Å². The number of aliphatic hydroxyl groups is 4. The maximum atomic E-state index is 12.7. The highest BCUT2D eigenvalue weighted by Gasteiger charge is 2.43. The molecule has 0 unspecified atom stereocenters. The van der Waals surface area contributed by atoms with E-state index in [9.17, 15) is 4.39 Å². The fourth-order valence-electron chi connectivity index (χ4n) is 1.06. The number of hydrogen-bond acceptors (Lipinski definition) is 5. The second kappa shape index (κ2) is 3.63. The monoisotopic (exact) mass is 182 g/mol. The van der Waals surface area contributed by atoms with Crippen LogP contribution in [0.25, 0.3) is 0 Å². The zero-order valence-corrected chi connectivity index (χ0v) is 6.17. The van der Waals surface area contributed by atoms with Crippen LogP contribution < -0.4 is 0 Å². The lowest BCUT2D eigenvalue weighted by Crippen LogP contribution is -2.56. The number of ether oxygens (including phenoxy) is 1. The van der Waals surface area contributed by atoms with Crippen LogP contribution in [0.2, 0.25) is 0 Å². The number of rotatable bonds is 1. The summed E-state index contributed by atoms with van der Waals surface area (Å²) < 4.78 is 17.1. The number of halogens is 1. The Balaban J connectivity index is 2.63. The lowest BCUT2D eigenvalue weighted by Gasteiger charge is -2.36. The Morgan fingerprint density at radius 1 is 1.17 bits per heavy atom. The standard InChI is InChI=1S/C6H11FO5/c7-3-5(10)4(9)2(1-8)12-6(3)11/h2-6,8-11H,1H2/t2-,3+,4-,5-,6-/m0/s1. The molecule has 5 atom stereocenters. The van der Waals surface area contributed by atoms with Crippen LogP contribution in [-0.4, -0.2) is 57.8 Å². The first-order valence-electron chi connectivity index (χ1n) is 3.52. The minimum absolute atomic E-state index is 0.581. The maximum Gasteiger partial charge on any atom is 0.189 e. The molecule has 0 aliphatic carbocycles. The average molecular weight is 182 g/mol. The van der Waals surface area contributed by atoms with Crippen LogP contribution in [0.15, 0.2) is 0 Å². The SMILES string of the molecule is OC[C@@H]1O[C@H](O)[C@H](F)[C@H](O)[C@H]1O. The van der Waals surface area contributed by atoms with E-state index in [1.54, 1.807) is 0 Å². The van der Waals surface area contributed by atoms with Gasteiger partial charge in [-0.15, -0.1) is 0 Å². The molecule has 1 saturated heterocycles. The number of alkyl halides is 1. The van der Waals surface area contributed by atoms with Gasteiger partial charge in [-0.3, -0.25) is 0 Å². The average Bonchev–Trinajstić information content (AvgIpc) is 2.08. The third kappa shape index (κ3) is 1.57. The molecule has 0 aromatic heterocycles. The van der Waals surface area contributed by atoms with E-state index >= 15 is 0 Å². The van der Waals surface area contributed by atoms with Gasteiger partial charge in [0, 0.05) is 0 Å². The fraction of sp³-hybridized carbons (Fsp3) is 1.00. The Hall–Kier alpha value is -0.270. The molecule has 6 heteroatoms. The van der Waals surface area contributed by atoms with Gasteiger partial charge in [-0.2, -0.15) is 0 Å². The molecule has 5 nitrogen and oxygen atoms in total. The first-order chi connectivity index (χ1) is 5.57. The van der Waals surface area contributed by atoms with E-state index in [1.165, 1.54) is 0 Å². The van der Waals surface area contributed by atoms with E-state index in [1.807, 2.05) is 0 Å². The highest BCUT2D eigenvalue weighted by atomic mass is 19.1. The Kier molecular flexibility index (Phi) is 2.97. The maximum absolute atomic E-state index is 12.7. The summed E-state index contributed by atoms with van der Waals surface area (Å²) in [5.41, 5.74) is 0. The molecule has 72 valence electrons. The summed E-state index contributed by atoms with van der Waals surface area (Å²) in [6, 6.07) is 0. The number of hydrogen-bond donors (Lipinski definition) is 4. The van der Waals surface area contributed by atoms with Gasteiger partial charge in [-0.05, 0) is 0 Å². The number of aliphatic hydroxyl groups excluding tert-OH is 4. The van der Waals surface area contributed by atoms with Crippen LogP contribution in [0.1, 0.15) is 0 Å². The van der Waals surface area contributed by atoms with Crippen LogP contribution in [0, 0.1) is 0 Å². The van der Waals surface area contributed by atoms with Crippen molar-refractivity contribution in [1.29, 1.82) is 0 Å². The second-order valence-corrected chi connectivity index (χ2v) is 2.67. The summed E-state index contributed by atoms with van der Waals surface area (Å²) in [5.74, 6) is 0. The first-order valence-corrected chi connectivity index (χ1v) is 3.52. The fourth-order valence-corrected chi connectivity index (χ4v) is 1.06. The molecule has 0 aromatic rings. The molecule has 1 fully saturated rings. The van der Waals surface area contributed by atoms with Gasteiger partial charge < -0.3 is 25.2 Å². The molecular formula is C6H11FO5. The molecular weight excluding hydrogens is 171 g/mol. The van der Waals surface area contributed by atoms with Crippen molar-refractivity contribution in [2.24, 2.45) is 0 Å². The molecule has 1 heterocycles. The van der Waals surface area contributed by atoms with E-state index in [2.05, 4.69) is 4.74 Å². The first kappa shape index (κ1) is 9.82. The summed E-state index contributed by atoms with van der Waals surface area (Å²) in [6.07, 6.45) is -8.19. The van der Waals surface area contributed by atoms with E-state index in [0.29, 0.717) is 0 Å². The summed E-state index contributed by atoms with van der Waals surface area (Å²) in [6.45, 7) is -0.581. The quantitative estimate of drug-likeness (QED) is 0.368.